The molecule has 0 fully saturated rings. The maximum absolute atomic E-state index is 12.8. The van der Waals surface area contributed by atoms with E-state index >= 15 is 0 Å². The van der Waals surface area contributed by atoms with Crippen molar-refractivity contribution in [2.45, 2.75) is 19.5 Å². The van der Waals surface area contributed by atoms with Crippen molar-refractivity contribution in [3.63, 3.8) is 0 Å². The minimum absolute atomic E-state index is 0.119. The van der Waals surface area contributed by atoms with E-state index in [1.165, 1.54) is 44.4 Å². The third kappa shape index (κ3) is 5.88. The van der Waals surface area contributed by atoms with Crippen molar-refractivity contribution in [3.05, 3.63) is 53.6 Å². The van der Waals surface area contributed by atoms with Gasteiger partial charge in [-0.25, -0.2) is 8.42 Å². The van der Waals surface area contributed by atoms with E-state index in [2.05, 4.69) is 10.0 Å². The maximum atomic E-state index is 12.8. The standard InChI is InChI=1S/C18H19F3N2O4S/c1-3-28(25,26)23-15-8-7-14(11-16(15)27-2)22-17(24)10-12-5-4-6-13(9-12)18(19,20)21/h4-9,11,23H,3,10H2,1-2H3,(H,22,24). The summed E-state index contributed by atoms with van der Waals surface area (Å²) in [7, 11) is -2.17. The van der Waals surface area contributed by atoms with Gasteiger partial charge in [-0.05, 0) is 30.7 Å². The smallest absolute Gasteiger partial charge is 0.416 e. The Labute approximate surface area is 160 Å². The molecule has 0 saturated carbocycles. The summed E-state index contributed by atoms with van der Waals surface area (Å²) < 4.78 is 69.1. The highest BCUT2D eigenvalue weighted by Gasteiger charge is 2.30. The van der Waals surface area contributed by atoms with Gasteiger partial charge < -0.3 is 10.1 Å². The minimum Gasteiger partial charge on any atom is -0.494 e. The first-order chi connectivity index (χ1) is 13.0. The Morgan fingerprint density at radius 3 is 2.46 bits per heavy atom. The third-order valence-electron chi connectivity index (χ3n) is 3.75. The van der Waals surface area contributed by atoms with Crippen LogP contribution in [-0.2, 0) is 27.4 Å². The lowest BCUT2D eigenvalue weighted by Gasteiger charge is -2.13. The molecule has 0 aliphatic rings. The number of rotatable bonds is 7. The Morgan fingerprint density at radius 1 is 1.14 bits per heavy atom. The second kappa shape index (κ2) is 8.51. The van der Waals surface area contributed by atoms with E-state index < -0.39 is 27.7 Å². The van der Waals surface area contributed by atoms with Gasteiger partial charge >= 0.3 is 6.18 Å². The van der Waals surface area contributed by atoms with E-state index in [9.17, 15) is 26.4 Å². The Morgan fingerprint density at radius 2 is 1.86 bits per heavy atom. The predicted molar refractivity (Wildman–Crippen MR) is 99.9 cm³/mol. The maximum Gasteiger partial charge on any atom is 0.416 e. The highest BCUT2D eigenvalue weighted by molar-refractivity contribution is 7.92. The topological polar surface area (TPSA) is 84.5 Å². The fourth-order valence-electron chi connectivity index (χ4n) is 2.34. The molecule has 0 saturated heterocycles. The number of benzene rings is 2. The van der Waals surface area contributed by atoms with E-state index in [1.807, 2.05) is 0 Å². The first-order valence-electron chi connectivity index (χ1n) is 8.18. The van der Waals surface area contributed by atoms with Gasteiger partial charge in [-0.15, -0.1) is 0 Å². The van der Waals surface area contributed by atoms with Crippen LogP contribution in [0.1, 0.15) is 18.1 Å². The van der Waals surface area contributed by atoms with Gasteiger partial charge in [0, 0.05) is 11.8 Å². The number of carbonyl (C=O) groups is 1. The zero-order valence-electron chi connectivity index (χ0n) is 15.1. The number of sulfonamides is 1. The number of alkyl halides is 3. The van der Waals surface area contributed by atoms with Gasteiger partial charge in [0.1, 0.15) is 5.75 Å². The summed E-state index contributed by atoms with van der Waals surface area (Å²) in [6, 6.07) is 8.82. The lowest BCUT2D eigenvalue weighted by Crippen LogP contribution is -2.16. The van der Waals surface area contributed by atoms with Crippen LogP contribution in [0.4, 0.5) is 24.5 Å². The van der Waals surface area contributed by atoms with Crippen LogP contribution in [0.5, 0.6) is 5.75 Å². The van der Waals surface area contributed by atoms with Gasteiger partial charge in [0.15, 0.2) is 0 Å². The molecule has 0 aliphatic carbocycles. The Bertz CT molecular complexity index is 960. The number of amides is 1. The molecule has 0 atom stereocenters. The summed E-state index contributed by atoms with van der Waals surface area (Å²) in [5.74, 6) is -0.455. The van der Waals surface area contributed by atoms with Crippen molar-refractivity contribution in [1.29, 1.82) is 0 Å². The monoisotopic (exact) mass is 416 g/mol. The molecule has 0 bridgehead atoms. The first-order valence-corrected chi connectivity index (χ1v) is 9.84. The number of anilines is 2. The lowest BCUT2D eigenvalue weighted by atomic mass is 10.1. The number of carbonyl (C=O) groups excluding carboxylic acids is 1. The van der Waals surface area contributed by atoms with Gasteiger partial charge in [0.25, 0.3) is 0 Å². The van der Waals surface area contributed by atoms with Gasteiger partial charge in [-0.2, -0.15) is 13.2 Å². The summed E-state index contributed by atoms with van der Waals surface area (Å²) >= 11 is 0. The van der Waals surface area contributed by atoms with Crippen LogP contribution in [0.15, 0.2) is 42.5 Å². The summed E-state index contributed by atoms with van der Waals surface area (Å²) in [6.45, 7) is 1.48. The first kappa shape index (κ1) is 21.5. The Balaban J connectivity index is 2.12. The average molecular weight is 416 g/mol. The van der Waals surface area contributed by atoms with Crippen LogP contribution in [0, 0.1) is 0 Å². The second-order valence-corrected chi connectivity index (χ2v) is 7.85. The molecule has 0 spiro atoms. The van der Waals surface area contributed by atoms with Crippen LogP contribution in [0.3, 0.4) is 0 Å². The molecule has 2 N–H and O–H groups in total. The Hall–Kier alpha value is -2.75. The molecule has 1 amide bonds. The van der Waals surface area contributed by atoms with E-state index in [1.54, 1.807) is 0 Å². The summed E-state index contributed by atoms with van der Waals surface area (Å²) in [6.07, 6.45) is -4.74. The largest absolute Gasteiger partial charge is 0.494 e. The van der Waals surface area contributed by atoms with Crippen molar-refractivity contribution < 1.29 is 31.1 Å². The van der Waals surface area contributed by atoms with Crippen LogP contribution in [0.2, 0.25) is 0 Å². The third-order valence-corrected chi connectivity index (χ3v) is 5.04. The molecule has 0 aromatic heterocycles. The van der Waals surface area contributed by atoms with E-state index in [0.29, 0.717) is 5.69 Å². The zero-order valence-corrected chi connectivity index (χ0v) is 15.9. The molecular weight excluding hydrogens is 397 g/mol. The quantitative estimate of drug-likeness (QED) is 0.722. The van der Waals surface area contributed by atoms with Crippen LogP contribution < -0.4 is 14.8 Å². The van der Waals surface area contributed by atoms with Crippen molar-refractivity contribution in [2.24, 2.45) is 0 Å². The number of nitrogens with one attached hydrogen (secondary N) is 2. The highest BCUT2D eigenvalue weighted by Crippen LogP contribution is 2.30. The van der Waals surface area contributed by atoms with Gasteiger partial charge in [-0.3, -0.25) is 9.52 Å². The molecule has 28 heavy (non-hydrogen) atoms. The number of halogens is 3. The average Bonchev–Trinajstić information content (AvgIpc) is 2.62. The van der Waals surface area contributed by atoms with E-state index in [0.717, 1.165) is 12.1 Å². The predicted octanol–water partition coefficient (Wildman–Crippen LogP) is 3.66. The van der Waals surface area contributed by atoms with Gasteiger partial charge in [-0.1, -0.05) is 18.2 Å². The second-order valence-electron chi connectivity index (χ2n) is 5.84. The van der Waals surface area contributed by atoms with Crippen LogP contribution in [-0.4, -0.2) is 27.2 Å². The molecule has 6 nitrogen and oxygen atoms in total. The molecule has 0 radical (unpaired) electrons. The highest BCUT2D eigenvalue weighted by atomic mass is 32.2. The number of methoxy groups -OCH3 is 1. The van der Waals surface area contributed by atoms with Crippen molar-refractivity contribution in [2.75, 3.05) is 22.9 Å². The SMILES string of the molecule is CCS(=O)(=O)Nc1ccc(NC(=O)Cc2cccc(C(F)(F)F)c2)cc1OC. The van der Waals surface area contributed by atoms with E-state index in [-0.39, 0.29) is 29.2 Å². The molecule has 0 heterocycles. The zero-order chi connectivity index (χ0) is 20.9. The number of ether oxygens (including phenoxy) is 1. The lowest BCUT2D eigenvalue weighted by molar-refractivity contribution is -0.137. The fraction of sp³-hybridized carbons (Fsp3) is 0.278. The molecule has 2 aromatic rings. The molecule has 0 unspecified atom stereocenters. The fourth-order valence-corrected chi connectivity index (χ4v) is 2.99. The number of hydrogen-bond donors (Lipinski definition) is 2. The van der Waals surface area contributed by atoms with Gasteiger partial charge in [0.05, 0.1) is 30.5 Å². The molecule has 10 heteroatoms. The molecule has 0 aliphatic heterocycles. The molecule has 152 valence electrons. The summed E-state index contributed by atoms with van der Waals surface area (Å²) in [5.41, 5.74) is -0.0906. The molecule has 2 rings (SSSR count). The van der Waals surface area contributed by atoms with Gasteiger partial charge in [0.2, 0.25) is 15.9 Å². The number of hydrogen-bond acceptors (Lipinski definition) is 4. The Kier molecular flexibility index (Phi) is 6.55. The summed E-state index contributed by atoms with van der Waals surface area (Å²) in [4.78, 5) is 12.2. The summed E-state index contributed by atoms with van der Waals surface area (Å²) in [5, 5.41) is 2.55. The van der Waals surface area contributed by atoms with E-state index in [4.69, 9.17) is 4.74 Å². The van der Waals surface area contributed by atoms with Crippen molar-refractivity contribution in [1.82, 2.24) is 0 Å². The molecule has 2 aromatic carbocycles. The minimum atomic E-state index is -4.48. The van der Waals surface area contributed by atoms with Crippen LogP contribution >= 0.6 is 0 Å². The van der Waals surface area contributed by atoms with Crippen LogP contribution in [0.25, 0.3) is 0 Å². The molecular formula is C18H19F3N2O4S. The normalized spacial score (nSPS) is 11.8. The van der Waals surface area contributed by atoms with Crippen molar-refractivity contribution in [3.8, 4) is 5.75 Å². The van der Waals surface area contributed by atoms with Crippen molar-refractivity contribution >= 4 is 27.3 Å².